The van der Waals surface area contributed by atoms with Crippen LogP contribution in [0.4, 0.5) is 4.39 Å². The molecule has 1 rings (SSSR count). The summed E-state index contributed by atoms with van der Waals surface area (Å²) in [4.78, 5) is 15.1. The number of ether oxygens (including phenoxy) is 1. The van der Waals surface area contributed by atoms with E-state index < -0.39 is 17.3 Å². The third kappa shape index (κ3) is 3.88. The van der Waals surface area contributed by atoms with Gasteiger partial charge >= 0.3 is 0 Å². The van der Waals surface area contributed by atoms with Crippen molar-refractivity contribution in [2.45, 2.75) is 45.6 Å². The van der Waals surface area contributed by atoms with Gasteiger partial charge in [0.25, 0.3) is 0 Å². The van der Waals surface area contributed by atoms with Crippen LogP contribution in [0.5, 0.6) is 5.75 Å². The van der Waals surface area contributed by atoms with Crippen molar-refractivity contribution >= 4 is 6.29 Å². The number of aromatic nitrogens is 1. The van der Waals surface area contributed by atoms with Crippen LogP contribution in [0.1, 0.15) is 44.4 Å². The summed E-state index contributed by atoms with van der Waals surface area (Å²) in [5.41, 5.74) is 0.587. The fourth-order valence-electron chi connectivity index (χ4n) is 1.79. The van der Waals surface area contributed by atoms with E-state index in [-0.39, 0.29) is 5.75 Å². The highest BCUT2D eigenvalue weighted by Crippen LogP contribution is 2.31. The molecule has 1 atom stereocenters. The standard InChI is InChI=1S/C15H20FNO2/c1-6-7-11(9-18)13-10(2)14(12(16)8-17-13)19-15(3,4)5/h6,8-9,11H,1,7H2,2-5H3. The summed E-state index contributed by atoms with van der Waals surface area (Å²) in [5.74, 6) is -0.770. The molecule has 4 heteroatoms. The van der Waals surface area contributed by atoms with Crippen LogP contribution in [0, 0.1) is 12.7 Å². The van der Waals surface area contributed by atoms with E-state index >= 15 is 0 Å². The second-order valence-corrected chi connectivity index (χ2v) is 5.43. The van der Waals surface area contributed by atoms with Crippen LogP contribution in [0.3, 0.4) is 0 Å². The smallest absolute Gasteiger partial charge is 0.183 e. The Kier molecular flexibility index (Phi) is 4.81. The van der Waals surface area contributed by atoms with Crippen molar-refractivity contribution < 1.29 is 13.9 Å². The average Bonchev–Trinajstić information content (AvgIpc) is 2.31. The number of hydrogen-bond donors (Lipinski definition) is 0. The number of carbonyl (C=O) groups is 1. The molecule has 0 saturated carbocycles. The predicted molar refractivity (Wildman–Crippen MR) is 72.9 cm³/mol. The minimum Gasteiger partial charge on any atom is -0.485 e. The maximum Gasteiger partial charge on any atom is 0.183 e. The van der Waals surface area contributed by atoms with Gasteiger partial charge < -0.3 is 9.53 Å². The lowest BCUT2D eigenvalue weighted by atomic mass is 9.98. The zero-order valence-electron chi connectivity index (χ0n) is 11.9. The fourth-order valence-corrected chi connectivity index (χ4v) is 1.79. The molecular formula is C15H20FNO2. The molecule has 0 aliphatic carbocycles. The summed E-state index contributed by atoms with van der Waals surface area (Å²) >= 11 is 0. The average molecular weight is 265 g/mol. The van der Waals surface area contributed by atoms with Gasteiger partial charge in [0.15, 0.2) is 11.6 Å². The second-order valence-electron chi connectivity index (χ2n) is 5.43. The topological polar surface area (TPSA) is 39.2 Å². The van der Waals surface area contributed by atoms with Crippen molar-refractivity contribution in [3.8, 4) is 5.75 Å². The molecule has 1 heterocycles. The number of nitrogens with zero attached hydrogens (tertiary/aromatic N) is 1. The summed E-state index contributed by atoms with van der Waals surface area (Å²) in [5, 5.41) is 0. The summed E-state index contributed by atoms with van der Waals surface area (Å²) in [6, 6.07) is 0. The van der Waals surface area contributed by atoms with Gasteiger partial charge in [0.1, 0.15) is 11.9 Å². The van der Waals surface area contributed by atoms with Gasteiger partial charge in [-0.2, -0.15) is 0 Å². The third-order valence-electron chi connectivity index (χ3n) is 2.60. The summed E-state index contributed by atoms with van der Waals surface area (Å²) < 4.78 is 19.4. The molecule has 0 aliphatic rings. The first-order chi connectivity index (χ1) is 8.80. The van der Waals surface area contributed by atoms with Crippen molar-refractivity contribution in [2.24, 2.45) is 0 Å². The molecule has 1 aromatic heterocycles. The number of hydrogen-bond acceptors (Lipinski definition) is 3. The molecule has 0 spiro atoms. The number of halogens is 1. The van der Waals surface area contributed by atoms with Crippen LogP contribution in [-0.4, -0.2) is 16.9 Å². The van der Waals surface area contributed by atoms with Crippen molar-refractivity contribution in [2.75, 3.05) is 0 Å². The van der Waals surface area contributed by atoms with Crippen LogP contribution in [0.2, 0.25) is 0 Å². The predicted octanol–water partition coefficient (Wildman–Crippen LogP) is 3.57. The Morgan fingerprint density at radius 3 is 2.63 bits per heavy atom. The van der Waals surface area contributed by atoms with E-state index in [0.717, 1.165) is 12.5 Å². The molecule has 0 radical (unpaired) electrons. The Hall–Kier alpha value is -1.71. The van der Waals surface area contributed by atoms with Crippen molar-refractivity contribution in [3.05, 3.63) is 35.9 Å². The molecule has 1 unspecified atom stereocenters. The molecule has 0 N–H and O–H groups in total. The van der Waals surface area contributed by atoms with E-state index in [4.69, 9.17) is 4.74 Å². The van der Waals surface area contributed by atoms with E-state index in [1.165, 1.54) is 0 Å². The van der Waals surface area contributed by atoms with Crippen molar-refractivity contribution in [3.63, 3.8) is 0 Å². The summed E-state index contributed by atoms with van der Waals surface area (Å²) in [7, 11) is 0. The fraction of sp³-hybridized carbons (Fsp3) is 0.467. The first kappa shape index (κ1) is 15.3. The molecule has 0 saturated heterocycles. The summed E-state index contributed by atoms with van der Waals surface area (Å²) in [6.07, 6.45) is 4.02. The number of aldehydes is 1. The van der Waals surface area contributed by atoms with Crippen LogP contribution >= 0.6 is 0 Å². The highest BCUT2D eigenvalue weighted by molar-refractivity contribution is 5.63. The quantitative estimate of drug-likeness (QED) is 0.603. The van der Waals surface area contributed by atoms with Crippen molar-refractivity contribution in [1.82, 2.24) is 4.98 Å². The monoisotopic (exact) mass is 265 g/mol. The van der Waals surface area contributed by atoms with Crippen LogP contribution in [0.15, 0.2) is 18.9 Å². The Labute approximate surface area is 113 Å². The van der Waals surface area contributed by atoms with Gasteiger partial charge in [-0.15, -0.1) is 6.58 Å². The maximum atomic E-state index is 13.8. The SMILES string of the molecule is C=CCC(C=O)c1ncc(F)c(OC(C)(C)C)c1C. The van der Waals surface area contributed by atoms with E-state index in [0.29, 0.717) is 17.7 Å². The number of rotatable bonds is 5. The zero-order valence-corrected chi connectivity index (χ0v) is 11.9. The van der Waals surface area contributed by atoms with Gasteiger partial charge in [-0.1, -0.05) is 6.08 Å². The minimum absolute atomic E-state index is 0.161. The van der Waals surface area contributed by atoms with Crippen LogP contribution < -0.4 is 4.74 Å². The normalized spacial score (nSPS) is 12.9. The third-order valence-corrected chi connectivity index (χ3v) is 2.60. The van der Waals surface area contributed by atoms with Crippen LogP contribution in [-0.2, 0) is 4.79 Å². The van der Waals surface area contributed by atoms with Gasteiger partial charge in [-0.3, -0.25) is 4.98 Å². The molecular weight excluding hydrogens is 245 g/mol. The molecule has 0 aromatic carbocycles. The van der Waals surface area contributed by atoms with Crippen molar-refractivity contribution in [1.29, 1.82) is 0 Å². The van der Waals surface area contributed by atoms with E-state index in [1.807, 2.05) is 20.8 Å². The molecule has 0 aliphatic heterocycles. The van der Waals surface area contributed by atoms with E-state index in [9.17, 15) is 9.18 Å². The van der Waals surface area contributed by atoms with Gasteiger partial charge in [-0.05, 0) is 34.1 Å². The molecule has 0 fully saturated rings. The van der Waals surface area contributed by atoms with Gasteiger partial charge in [-0.25, -0.2) is 4.39 Å². The lowest BCUT2D eigenvalue weighted by Gasteiger charge is -2.24. The summed E-state index contributed by atoms with van der Waals surface area (Å²) in [6.45, 7) is 10.8. The second kappa shape index (κ2) is 5.95. The van der Waals surface area contributed by atoms with Gasteiger partial charge in [0.05, 0.1) is 17.8 Å². The number of allylic oxidation sites excluding steroid dienone is 1. The van der Waals surface area contributed by atoms with Gasteiger partial charge in [0, 0.05) is 5.56 Å². The molecule has 3 nitrogen and oxygen atoms in total. The van der Waals surface area contributed by atoms with Crippen LogP contribution in [0.25, 0.3) is 0 Å². The minimum atomic E-state index is -0.515. The maximum absolute atomic E-state index is 13.8. The first-order valence-corrected chi connectivity index (χ1v) is 6.20. The highest BCUT2D eigenvalue weighted by atomic mass is 19.1. The van der Waals surface area contributed by atoms with E-state index in [2.05, 4.69) is 11.6 Å². The van der Waals surface area contributed by atoms with Gasteiger partial charge in [0.2, 0.25) is 0 Å². The highest BCUT2D eigenvalue weighted by Gasteiger charge is 2.22. The number of pyridine rings is 1. The van der Waals surface area contributed by atoms with E-state index in [1.54, 1.807) is 13.0 Å². The largest absolute Gasteiger partial charge is 0.485 e. The Morgan fingerprint density at radius 1 is 1.53 bits per heavy atom. The Morgan fingerprint density at radius 2 is 2.16 bits per heavy atom. The molecule has 0 amide bonds. The first-order valence-electron chi connectivity index (χ1n) is 6.20. The Balaban J connectivity index is 3.26. The Bertz CT molecular complexity index is 478. The lowest BCUT2D eigenvalue weighted by molar-refractivity contribution is -0.109. The molecule has 19 heavy (non-hydrogen) atoms. The molecule has 1 aromatic rings. The molecule has 0 bridgehead atoms. The zero-order chi connectivity index (χ0) is 14.6. The molecule has 104 valence electrons. The number of carbonyl (C=O) groups excluding carboxylic acids is 1. The lowest BCUT2D eigenvalue weighted by Crippen LogP contribution is -2.24.